The van der Waals surface area contributed by atoms with Crippen molar-refractivity contribution in [2.24, 2.45) is 0 Å². The van der Waals surface area contributed by atoms with E-state index in [4.69, 9.17) is 28.4 Å². The maximum absolute atomic E-state index is 12.8. The molecule has 12 heteroatoms. The first-order valence-electron chi connectivity index (χ1n) is 10.7. The summed E-state index contributed by atoms with van der Waals surface area (Å²) in [6, 6.07) is 7.00. The standard InChI is InChI=1S/C24H26O12/c1-5-33-23(29)19(35-21(27)13-7-9-15(25)17(11-13)31-3)20(24(30)34-6-2)36-22(28)14-8-10-16(26)18(12-14)32-4/h7-12,19-20,25-26H,5-6H2,1-4H3/t19-,20-/m0/s1. The van der Waals surface area contributed by atoms with Crippen molar-refractivity contribution in [2.45, 2.75) is 26.1 Å². The number of hydrogen-bond donors (Lipinski definition) is 2. The quantitative estimate of drug-likeness (QED) is 0.337. The summed E-state index contributed by atoms with van der Waals surface area (Å²) in [5.74, 6) is -5.17. The zero-order valence-corrected chi connectivity index (χ0v) is 20.0. The van der Waals surface area contributed by atoms with Crippen LogP contribution in [0, 0.1) is 0 Å². The molecule has 0 aliphatic rings. The van der Waals surface area contributed by atoms with E-state index in [0.29, 0.717) is 0 Å². The third-order valence-corrected chi connectivity index (χ3v) is 4.61. The second-order valence-corrected chi connectivity index (χ2v) is 6.93. The van der Waals surface area contributed by atoms with Crippen molar-refractivity contribution in [3.05, 3.63) is 47.5 Å². The van der Waals surface area contributed by atoms with Gasteiger partial charge in [0, 0.05) is 0 Å². The first-order chi connectivity index (χ1) is 17.2. The summed E-state index contributed by atoms with van der Waals surface area (Å²) in [5.41, 5.74) is -0.285. The van der Waals surface area contributed by atoms with Crippen LogP contribution in [0.25, 0.3) is 0 Å². The van der Waals surface area contributed by atoms with Gasteiger partial charge in [-0.25, -0.2) is 19.2 Å². The Morgan fingerprint density at radius 3 is 1.36 bits per heavy atom. The van der Waals surface area contributed by atoms with Crippen LogP contribution in [0.5, 0.6) is 23.0 Å². The summed E-state index contributed by atoms with van der Waals surface area (Å²) in [6.45, 7) is 2.68. The van der Waals surface area contributed by atoms with Crippen molar-refractivity contribution in [2.75, 3.05) is 27.4 Å². The molecule has 0 amide bonds. The Kier molecular flexibility index (Phi) is 9.90. The number of methoxy groups -OCH3 is 2. The van der Waals surface area contributed by atoms with E-state index >= 15 is 0 Å². The third-order valence-electron chi connectivity index (χ3n) is 4.61. The molecule has 0 spiro atoms. The van der Waals surface area contributed by atoms with E-state index in [2.05, 4.69) is 0 Å². The Hall–Kier alpha value is -4.48. The topological polar surface area (TPSA) is 164 Å². The Morgan fingerprint density at radius 2 is 1.06 bits per heavy atom. The Morgan fingerprint density at radius 1 is 0.694 bits per heavy atom. The smallest absolute Gasteiger partial charge is 0.352 e. The molecule has 0 bridgehead atoms. The van der Waals surface area contributed by atoms with E-state index in [0.717, 1.165) is 24.3 Å². The lowest BCUT2D eigenvalue weighted by Gasteiger charge is -2.24. The molecule has 2 aromatic carbocycles. The van der Waals surface area contributed by atoms with Crippen LogP contribution in [0.2, 0.25) is 0 Å². The van der Waals surface area contributed by atoms with E-state index in [9.17, 15) is 29.4 Å². The molecule has 0 saturated carbocycles. The number of carbonyl (C=O) groups is 4. The SMILES string of the molecule is CCOC(=O)[C@@H](OC(=O)c1ccc(O)c(OC)c1)[C@H](OC(=O)c1ccc(O)c(OC)c1)C(=O)OCC. The molecule has 0 aromatic heterocycles. The second kappa shape index (κ2) is 12.8. The largest absolute Gasteiger partial charge is 0.504 e. The summed E-state index contributed by atoms with van der Waals surface area (Å²) in [5, 5.41) is 19.5. The maximum Gasteiger partial charge on any atom is 0.352 e. The molecule has 2 rings (SSSR count). The van der Waals surface area contributed by atoms with E-state index < -0.39 is 36.1 Å². The Labute approximate surface area is 206 Å². The number of rotatable bonds is 11. The minimum absolute atomic E-state index is 0.0493. The van der Waals surface area contributed by atoms with Crippen molar-refractivity contribution >= 4 is 23.9 Å². The number of aromatic hydroxyl groups is 2. The normalized spacial score (nSPS) is 12.0. The van der Waals surface area contributed by atoms with E-state index in [1.54, 1.807) is 0 Å². The third kappa shape index (κ3) is 6.78. The minimum atomic E-state index is -2.04. The zero-order valence-electron chi connectivity index (χ0n) is 20.0. The van der Waals surface area contributed by atoms with Crippen LogP contribution in [0.4, 0.5) is 0 Å². The molecule has 2 aromatic rings. The van der Waals surface area contributed by atoms with Crippen molar-refractivity contribution in [3.63, 3.8) is 0 Å². The number of ether oxygens (including phenoxy) is 6. The molecule has 36 heavy (non-hydrogen) atoms. The van der Waals surface area contributed by atoms with Crippen LogP contribution in [-0.2, 0) is 28.5 Å². The highest BCUT2D eigenvalue weighted by molar-refractivity contribution is 5.96. The van der Waals surface area contributed by atoms with Gasteiger partial charge in [0.25, 0.3) is 0 Å². The summed E-state index contributed by atoms with van der Waals surface area (Å²) >= 11 is 0. The fourth-order valence-corrected chi connectivity index (χ4v) is 2.89. The molecular weight excluding hydrogens is 480 g/mol. The summed E-state index contributed by atoms with van der Waals surface area (Å²) < 4.78 is 30.2. The van der Waals surface area contributed by atoms with E-state index in [1.165, 1.54) is 40.2 Å². The molecule has 12 nitrogen and oxygen atoms in total. The van der Waals surface area contributed by atoms with Gasteiger partial charge in [0.2, 0.25) is 12.2 Å². The van der Waals surface area contributed by atoms with Gasteiger partial charge in [0.15, 0.2) is 23.0 Å². The highest BCUT2D eigenvalue weighted by atomic mass is 16.6. The van der Waals surface area contributed by atoms with Crippen LogP contribution in [0.1, 0.15) is 34.6 Å². The predicted molar refractivity (Wildman–Crippen MR) is 121 cm³/mol. The lowest BCUT2D eigenvalue weighted by Crippen LogP contribution is -2.47. The molecule has 2 N–H and O–H groups in total. The number of phenolic OH excluding ortho intramolecular Hbond substituents is 2. The van der Waals surface area contributed by atoms with Gasteiger partial charge in [-0.05, 0) is 50.2 Å². The molecule has 0 radical (unpaired) electrons. The van der Waals surface area contributed by atoms with Crippen LogP contribution in [-0.4, -0.2) is 73.7 Å². The Balaban J connectivity index is 2.42. The number of hydrogen-bond acceptors (Lipinski definition) is 12. The van der Waals surface area contributed by atoms with Crippen LogP contribution in [0.15, 0.2) is 36.4 Å². The number of phenols is 2. The van der Waals surface area contributed by atoms with Crippen LogP contribution >= 0.6 is 0 Å². The molecule has 0 saturated heterocycles. The maximum atomic E-state index is 12.8. The first kappa shape index (κ1) is 27.8. The molecule has 0 fully saturated rings. The molecule has 0 aliphatic heterocycles. The van der Waals surface area contributed by atoms with Crippen LogP contribution < -0.4 is 9.47 Å². The van der Waals surface area contributed by atoms with Gasteiger partial charge in [-0.1, -0.05) is 0 Å². The lowest BCUT2D eigenvalue weighted by molar-refractivity contribution is -0.173. The summed E-state index contributed by atoms with van der Waals surface area (Å²) in [4.78, 5) is 51.0. The lowest BCUT2D eigenvalue weighted by atomic mass is 10.1. The molecule has 0 aliphatic carbocycles. The van der Waals surface area contributed by atoms with Gasteiger partial charge >= 0.3 is 23.9 Å². The first-order valence-corrected chi connectivity index (χ1v) is 10.7. The molecule has 2 atom stereocenters. The molecule has 194 valence electrons. The van der Waals surface area contributed by atoms with Gasteiger partial charge in [0.1, 0.15) is 0 Å². The van der Waals surface area contributed by atoms with Gasteiger partial charge in [-0.3, -0.25) is 0 Å². The summed E-state index contributed by atoms with van der Waals surface area (Å²) in [7, 11) is 2.53. The summed E-state index contributed by atoms with van der Waals surface area (Å²) in [6.07, 6.45) is -4.08. The predicted octanol–water partition coefficient (Wildman–Crippen LogP) is 1.99. The zero-order chi connectivity index (χ0) is 26.8. The number of carbonyl (C=O) groups excluding carboxylic acids is 4. The second-order valence-electron chi connectivity index (χ2n) is 6.93. The van der Waals surface area contributed by atoms with E-state index in [-0.39, 0.29) is 47.3 Å². The number of benzene rings is 2. The molecular formula is C24H26O12. The minimum Gasteiger partial charge on any atom is -0.504 e. The van der Waals surface area contributed by atoms with Crippen LogP contribution in [0.3, 0.4) is 0 Å². The van der Waals surface area contributed by atoms with E-state index in [1.807, 2.05) is 0 Å². The highest BCUT2D eigenvalue weighted by Crippen LogP contribution is 2.28. The van der Waals surface area contributed by atoms with Gasteiger partial charge in [-0.2, -0.15) is 0 Å². The van der Waals surface area contributed by atoms with Gasteiger partial charge < -0.3 is 38.6 Å². The highest BCUT2D eigenvalue weighted by Gasteiger charge is 2.43. The fraction of sp³-hybridized carbons (Fsp3) is 0.333. The van der Waals surface area contributed by atoms with Gasteiger partial charge in [-0.15, -0.1) is 0 Å². The molecule has 0 unspecified atom stereocenters. The van der Waals surface area contributed by atoms with Gasteiger partial charge in [0.05, 0.1) is 38.6 Å². The Bertz CT molecular complexity index is 1020. The fourth-order valence-electron chi connectivity index (χ4n) is 2.89. The monoisotopic (exact) mass is 506 g/mol. The van der Waals surface area contributed by atoms with Crippen molar-refractivity contribution in [1.29, 1.82) is 0 Å². The van der Waals surface area contributed by atoms with Crippen molar-refractivity contribution < 1.29 is 57.8 Å². The van der Waals surface area contributed by atoms with Crippen molar-refractivity contribution in [1.82, 2.24) is 0 Å². The van der Waals surface area contributed by atoms with Crippen molar-refractivity contribution in [3.8, 4) is 23.0 Å². The molecule has 0 heterocycles. The number of esters is 4. The average Bonchev–Trinajstić information content (AvgIpc) is 2.86. The average molecular weight is 506 g/mol.